The van der Waals surface area contributed by atoms with Crippen LogP contribution in [-0.4, -0.2) is 4.92 Å². The van der Waals surface area contributed by atoms with Crippen LogP contribution < -0.4 is 10.5 Å². The molecule has 5 nitrogen and oxygen atoms in total. The van der Waals surface area contributed by atoms with Crippen molar-refractivity contribution in [3.63, 3.8) is 0 Å². The van der Waals surface area contributed by atoms with Crippen LogP contribution >= 0.6 is 0 Å². The molecule has 110 valence electrons. The number of hydrogen-bond acceptors (Lipinski definition) is 4. The molecule has 2 aromatic carbocycles. The average Bonchev–Trinajstić information content (AvgIpc) is 2.44. The molecule has 0 spiro atoms. The number of nitrogens with zero attached hydrogens (tertiary/aromatic N) is 1. The van der Waals surface area contributed by atoms with Gasteiger partial charge >= 0.3 is 0 Å². The first-order valence-electron chi connectivity index (χ1n) is 6.65. The molecule has 21 heavy (non-hydrogen) atoms. The Balaban J connectivity index is 2.40. The highest BCUT2D eigenvalue weighted by molar-refractivity contribution is 5.51. The van der Waals surface area contributed by atoms with Crippen molar-refractivity contribution in [1.29, 1.82) is 0 Å². The first kappa shape index (κ1) is 15.0. The first-order valence-corrected chi connectivity index (χ1v) is 6.65. The minimum absolute atomic E-state index is 0.104. The second-order valence-corrected chi connectivity index (χ2v) is 5.07. The molecule has 0 aromatic heterocycles. The second kappa shape index (κ2) is 5.93. The highest BCUT2D eigenvalue weighted by Gasteiger charge is 2.15. The standard InChI is InChI=1S/C16H18N2O3/c1-10-4-5-13(9-17)8-16(10)21-15-7-11(2)14(18(19)20)6-12(15)3/h4-8H,9,17H2,1-3H3. The van der Waals surface area contributed by atoms with E-state index in [1.165, 1.54) is 6.07 Å². The summed E-state index contributed by atoms with van der Waals surface area (Å²) >= 11 is 0. The van der Waals surface area contributed by atoms with E-state index in [2.05, 4.69) is 0 Å². The van der Waals surface area contributed by atoms with Gasteiger partial charge in [-0.2, -0.15) is 0 Å². The summed E-state index contributed by atoms with van der Waals surface area (Å²) in [4.78, 5) is 10.5. The van der Waals surface area contributed by atoms with Gasteiger partial charge in [-0.3, -0.25) is 10.1 Å². The van der Waals surface area contributed by atoms with Crippen LogP contribution in [0.4, 0.5) is 5.69 Å². The highest BCUT2D eigenvalue weighted by Crippen LogP contribution is 2.32. The molecule has 0 radical (unpaired) electrons. The summed E-state index contributed by atoms with van der Waals surface area (Å²) in [5.74, 6) is 1.34. The van der Waals surface area contributed by atoms with Crippen LogP contribution in [-0.2, 0) is 6.54 Å². The Morgan fingerprint density at radius 1 is 1.05 bits per heavy atom. The van der Waals surface area contributed by atoms with E-state index in [1.807, 2.05) is 25.1 Å². The van der Waals surface area contributed by atoms with Crippen LogP contribution in [0.2, 0.25) is 0 Å². The molecule has 0 saturated carbocycles. The van der Waals surface area contributed by atoms with Crippen molar-refractivity contribution in [2.24, 2.45) is 5.73 Å². The smallest absolute Gasteiger partial charge is 0.272 e. The summed E-state index contributed by atoms with van der Waals surface area (Å²) in [6.07, 6.45) is 0. The van der Waals surface area contributed by atoms with Crippen molar-refractivity contribution in [1.82, 2.24) is 0 Å². The van der Waals surface area contributed by atoms with Crippen LogP contribution in [0.1, 0.15) is 22.3 Å². The van der Waals surface area contributed by atoms with E-state index in [1.54, 1.807) is 19.9 Å². The molecule has 0 unspecified atom stereocenters. The maximum Gasteiger partial charge on any atom is 0.272 e. The maximum atomic E-state index is 10.9. The predicted octanol–water partition coefficient (Wildman–Crippen LogP) is 3.77. The van der Waals surface area contributed by atoms with E-state index >= 15 is 0 Å². The zero-order chi connectivity index (χ0) is 15.6. The molecule has 2 N–H and O–H groups in total. The Bertz CT molecular complexity index is 696. The molecule has 0 atom stereocenters. The quantitative estimate of drug-likeness (QED) is 0.685. The van der Waals surface area contributed by atoms with Crippen LogP contribution in [0.3, 0.4) is 0 Å². The zero-order valence-electron chi connectivity index (χ0n) is 12.3. The summed E-state index contributed by atoms with van der Waals surface area (Å²) in [5.41, 5.74) is 9.01. The fraction of sp³-hybridized carbons (Fsp3) is 0.250. The van der Waals surface area contributed by atoms with Gasteiger partial charge in [0.15, 0.2) is 0 Å². The van der Waals surface area contributed by atoms with Gasteiger partial charge in [0.2, 0.25) is 0 Å². The summed E-state index contributed by atoms with van der Waals surface area (Å²) < 4.78 is 5.92. The van der Waals surface area contributed by atoms with E-state index in [0.717, 1.165) is 16.7 Å². The molecule has 5 heteroatoms. The number of nitro groups is 1. The second-order valence-electron chi connectivity index (χ2n) is 5.07. The molecule has 0 saturated heterocycles. The topological polar surface area (TPSA) is 78.4 Å². The number of ether oxygens (including phenoxy) is 1. The Kier molecular flexibility index (Phi) is 4.23. The third-order valence-electron chi connectivity index (χ3n) is 3.40. The molecular weight excluding hydrogens is 268 g/mol. The van der Waals surface area contributed by atoms with E-state index in [-0.39, 0.29) is 10.6 Å². The molecule has 0 aliphatic rings. The summed E-state index contributed by atoms with van der Waals surface area (Å²) in [5, 5.41) is 10.9. The van der Waals surface area contributed by atoms with Crippen LogP contribution in [0.5, 0.6) is 11.5 Å². The average molecular weight is 286 g/mol. The van der Waals surface area contributed by atoms with Crippen LogP contribution in [0, 0.1) is 30.9 Å². The summed E-state index contributed by atoms with van der Waals surface area (Å²) in [6.45, 7) is 5.88. The predicted molar refractivity (Wildman–Crippen MR) is 81.7 cm³/mol. The molecule has 0 aliphatic heterocycles. The molecule has 0 fully saturated rings. The van der Waals surface area contributed by atoms with Crippen molar-refractivity contribution >= 4 is 5.69 Å². The Morgan fingerprint density at radius 3 is 2.33 bits per heavy atom. The fourth-order valence-electron chi connectivity index (χ4n) is 2.08. The number of nitrogens with two attached hydrogens (primary N) is 1. The van der Waals surface area contributed by atoms with Gasteiger partial charge in [0.25, 0.3) is 5.69 Å². The van der Waals surface area contributed by atoms with E-state index in [0.29, 0.717) is 23.6 Å². The molecule has 2 aromatic rings. The number of aryl methyl sites for hydroxylation is 3. The van der Waals surface area contributed by atoms with Gasteiger partial charge in [-0.25, -0.2) is 0 Å². The summed E-state index contributed by atoms with van der Waals surface area (Å²) in [6, 6.07) is 9.03. The SMILES string of the molecule is Cc1ccc(CN)cc1Oc1cc(C)c([N+](=O)[O-])cc1C. The van der Waals surface area contributed by atoms with Gasteiger partial charge in [0, 0.05) is 18.2 Å². The van der Waals surface area contributed by atoms with Crippen molar-refractivity contribution in [2.45, 2.75) is 27.3 Å². The Morgan fingerprint density at radius 2 is 1.71 bits per heavy atom. The highest BCUT2D eigenvalue weighted by atomic mass is 16.6. The minimum atomic E-state index is -0.383. The van der Waals surface area contributed by atoms with Crippen molar-refractivity contribution in [3.8, 4) is 11.5 Å². The normalized spacial score (nSPS) is 10.5. The van der Waals surface area contributed by atoms with E-state index in [4.69, 9.17) is 10.5 Å². The van der Waals surface area contributed by atoms with E-state index in [9.17, 15) is 10.1 Å². The molecule has 0 aliphatic carbocycles. The van der Waals surface area contributed by atoms with Crippen LogP contribution in [0.25, 0.3) is 0 Å². The monoisotopic (exact) mass is 286 g/mol. The third kappa shape index (κ3) is 3.20. The fourth-order valence-corrected chi connectivity index (χ4v) is 2.08. The third-order valence-corrected chi connectivity index (χ3v) is 3.40. The first-order chi connectivity index (χ1) is 9.92. The van der Waals surface area contributed by atoms with Crippen molar-refractivity contribution in [3.05, 3.63) is 62.7 Å². The zero-order valence-corrected chi connectivity index (χ0v) is 12.3. The molecule has 0 heterocycles. The van der Waals surface area contributed by atoms with Gasteiger partial charge in [-0.15, -0.1) is 0 Å². The van der Waals surface area contributed by atoms with Gasteiger partial charge in [-0.1, -0.05) is 12.1 Å². The number of benzene rings is 2. The van der Waals surface area contributed by atoms with Crippen LogP contribution in [0.15, 0.2) is 30.3 Å². The number of rotatable bonds is 4. The van der Waals surface area contributed by atoms with Crippen molar-refractivity contribution < 1.29 is 9.66 Å². The minimum Gasteiger partial charge on any atom is -0.457 e. The molecule has 0 bridgehead atoms. The van der Waals surface area contributed by atoms with Gasteiger partial charge in [-0.05, 0) is 49.6 Å². The lowest BCUT2D eigenvalue weighted by Crippen LogP contribution is -1.99. The molecule has 2 rings (SSSR count). The van der Waals surface area contributed by atoms with E-state index < -0.39 is 0 Å². The largest absolute Gasteiger partial charge is 0.457 e. The molecular formula is C16H18N2O3. The van der Waals surface area contributed by atoms with Gasteiger partial charge < -0.3 is 10.5 Å². The Labute approximate surface area is 123 Å². The Hall–Kier alpha value is -2.40. The summed E-state index contributed by atoms with van der Waals surface area (Å²) in [7, 11) is 0. The van der Waals surface area contributed by atoms with Gasteiger partial charge in [0.05, 0.1) is 4.92 Å². The number of hydrogen-bond donors (Lipinski definition) is 1. The maximum absolute atomic E-state index is 10.9. The number of nitro benzene ring substituents is 1. The lowest BCUT2D eigenvalue weighted by atomic mass is 10.1. The lowest BCUT2D eigenvalue weighted by Gasteiger charge is -2.13. The van der Waals surface area contributed by atoms with Crippen molar-refractivity contribution in [2.75, 3.05) is 0 Å². The molecule has 0 amide bonds. The lowest BCUT2D eigenvalue weighted by molar-refractivity contribution is -0.385. The van der Waals surface area contributed by atoms with Gasteiger partial charge in [0.1, 0.15) is 11.5 Å².